The number of nitrogens with zero attached hydrogens (tertiary/aromatic N) is 2. The highest BCUT2D eigenvalue weighted by Crippen LogP contribution is 2.39. The van der Waals surface area contributed by atoms with E-state index in [9.17, 15) is 5.11 Å². The van der Waals surface area contributed by atoms with Crippen LogP contribution in [0.15, 0.2) is 65.4 Å². The molecule has 3 aromatic rings. The van der Waals surface area contributed by atoms with Gasteiger partial charge in [0, 0.05) is 41.3 Å². The first-order valence-electron chi connectivity index (χ1n) is 12.6. The Morgan fingerprint density at radius 1 is 1.12 bits per heavy atom. The maximum absolute atomic E-state index is 11.6. The first-order valence-corrected chi connectivity index (χ1v) is 12.6. The minimum absolute atomic E-state index is 0.326. The monoisotopic (exact) mass is 444 g/mol. The molecule has 2 atom stereocenters. The second-order valence-electron chi connectivity index (χ2n) is 10.1. The number of furan rings is 1. The van der Waals surface area contributed by atoms with Crippen LogP contribution in [0.25, 0.3) is 16.5 Å². The number of aromatic nitrogens is 1. The normalized spacial score (nSPS) is 21.0. The predicted octanol–water partition coefficient (Wildman–Crippen LogP) is 6.21. The van der Waals surface area contributed by atoms with E-state index in [1.165, 1.54) is 35.8 Å². The van der Waals surface area contributed by atoms with E-state index in [-0.39, 0.29) is 11.5 Å². The Hall–Kier alpha value is -2.43. The third kappa shape index (κ3) is 4.64. The number of rotatable bonds is 7. The molecule has 0 bridgehead atoms. The molecule has 1 aliphatic carbocycles. The number of aliphatic hydroxyl groups is 1. The van der Waals surface area contributed by atoms with Crippen molar-refractivity contribution in [1.29, 1.82) is 0 Å². The smallest absolute Gasteiger partial charge is 0.141 e. The van der Waals surface area contributed by atoms with Crippen molar-refractivity contribution in [3.63, 3.8) is 0 Å². The average molecular weight is 445 g/mol. The largest absolute Gasteiger partial charge is 0.464 e. The van der Waals surface area contributed by atoms with Crippen molar-refractivity contribution in [2.45, 2.75) is 63.4 Å². The van der Waals surface area contributed by atoms with Crippen LogP contribution in [0, 0.1) is 5.92 Å². The van der Waals surface area contributed by atoms with Crippen LogP contribution >= 0.6 is 0 Å². The molecule has 2 aliphatic rings. The van der Waals surface area contributed by atoms with Gasteiger partial charge in [-0.2, -0.15) is 0 Å². The van der Waals surface area contributed by atoms with E-state index in [1.54, 1.807) is 6.26 Å². The van der Waals surface area contributed by atoms with Gasteiger partial charge in [0.2, 0.25) is 0 Å². The van der Waals surface area contributed by atoms with E-state index < -0.39 is 0 Å². The van der Waals surface area contributed by atoms with Gasteiger partial charge < -0.3 is 9.52 Å². The summed E-state index contributed by atoms with van der Waals surface area (Å²) in [7, 11) is 0. The first kappa shape index (κ1) is 22.4. The lowest BCUT2D eigenvalue weighted by atomic mass is 9.69. The molecule has 1 aliphatic heterocycles. The average Bonchev–Trinajstić information content (AvgIpc) is 3.37. The van der Waals surface area contributed by atoms with Gasteiger partial charge in [-0.1, -0.05) is 56.5 Å². The zero-order valence-electron chi connectivity index (χ0n) is 19.7. The molecule has 5 rings (SSSR count). The van der Waals surface area contributed by atoms with Crippen LogP contribution in [0.5, 0.6) is 0 Å². The molecule has 0 saturated heterocycles. The zero-order valence-corrected chi connectivity index (χ0v) is 19.7. The Morgan fingerprint density at radius 2 is 2.00 bits per heavy atom. The summed E-state index contributed by atoms with van der Waals surface area (Å²) in [5.41, 5.74) is 4.30. The minimum Gasteiger partial charge on any atom is -0.464 e. The zero-order chi connectivity index (χ0) is 22.7. The van der Waals surface area contributed by atoms with Crippen LogP contribution < -0.4 is 0 Å². The Kier molecular flexibility index (Phi) is 6.66. The van der Waals surface area contributed by atoms with Crippen molar-refractivity contribution in [2.24, 2.45) is 5.92 Å². The van der Waals surface area contributed by atoms with Gasteiger partial charge in [0.15, 0.2) is 0 Å². The molecule has 4 nitrogen and oxygen atoms in total. The van der Waals surface area contributed by atoms with Gasteiger partial charge in [0.05, 0.1) is 12.4 Å². The fraction of sp³-hybridized carbons (Fsp3) is 0.483. The van der Waals surface area contributed by atoms with Crippen molar-refractivity contribution >= 4 is 16.5 Å². The molecule has 2 aromatic heterocycles. The molecule has 0 radical (unpaired) electrons. The van der Waals surface area contributed by atoms with Crippen LogP contribution in [0.1, 0.15) is 63.1 Å². The Bertz CT molecular complexity index is 1080. The van der Waals surface area contributed by atoms with E-state index in [0.717, 1.165) is 56.6 Å². The Balaban J connectivity index is 1.29. The summed E-state index contributed by atoms with van der Waals surface area (Å²) in [4.78, 5) is 7.22. The van der Waals surface area contributed by atoms with E-state index in [4.69, 9.17) is 9.40 Å². The standard InChI is InChI=1S/C29H36N2O2/c1-29(26-12-5-6-17-30-26,28(32)24-8-3-2-4-9-24)16-20-31-18-13-22(14-19-31)25-11-7-10-23-15-21-33-27(23)25/h5-7,10-13,15,17,21,24,28,32H,2-4,8-9,14,16,18-20H2,1H3. The highest BCUT2D eigenvalue weighted by atomic mass is 16.3. The third-order valence-corrected chi connectivity index (χ3v) is 8.06. The second kappa shape index (κ2) is 9.82. The Morgan fingerprint density at radius 3 is 2.76 bits per heavy atom. The van der Waals surface area contributed by atoms with Gasteiger partial charge in [0.25, 0.3) is 0 Å². The molecule has 2 unspecified atom stereocenters. The lowest BCUT2D eigenvalue weighted by Gasteiger charge is -2.41. The number of fused-ring (bicyclic) bond motifs is 1. The second-order valence-corrected chi connectivity index (χ2v) is 10.1. The molecule has 174 valence electrons. The number of hydrogen-bond donors (Lipinski definition) is 1. The molecule has 1 fully saturated rings. The van der Waals surface area contributed by atoms with Gasteiger partial charge in [-0.3, -0.25) is 9.88 Å². The molecular formula is C29H36N2O2. The van der Waals surface area contributed by atoms with Crippen LogP contribution in [0.2, 0.25) is 0 Å². The SMILES string of the molecule is CC(CCN1CC=C(c2cccc3ccoc23)CC1)(c1ccccn1)C(O)C1CCCCC1. The number of para-hydroxylation sites is 1. The van der Waals surface area contributed by atoms with Crippen molar-refractivity contribution in [3.05, 3.63) is 72.3 Å². The summed E-state index contributed by atoms with van der Waals surface area (Å²) in [6.45, 7) is 5.16. The maximum atomic E-state index is 11.6. The lowest BCUT2D eigenvalue weighted by Crippen LogP contribution is -2.45. The van der Waals surface area contributed by atoms with E-state index in [0.29, 0.717) is 5.92 Å². The molecule has 0 spiro atoms. The topological polar surface area (TPSA) is 49.5 Å². The van der Waals surface area contributed by atoms with Crippen molar-refractivity contribution in [1.82, 2.24) is 9.88 Å². The summed E-state index contributed by atoms with van der Waals surface area (Å²) < 4.78 is 5.77. The highest BCUT2D eigenvalue weighted by molar-refractivity contribution is 5.89. The third-order valence-electron chi connectivity index (χ3n) is 8.06. The maximum Gasteiger partial charge on any atom is 0.141 e. The van der Waals surface area contributed by atoms with Gasteiger partial charge in [-0.25, -0.2) is 0 Å². The summed E-state index contributed by atoms with van der Waals surface area (Å²) >= 11 is 0. The molecule has 3 heterocycles. The number of hydrogen-bond acceptors (Lipinski definition) is 4. The molecule has 1 saturated carbocycles. The Labute approximate surface area is 197 Å². The van der Waals surface area contributed by atoms with Crippen LogP contribution in [0.4, 0.5) is 0 Å². The molecule has 0 amide bonds. The van der Waals surface area contributed by atoms with Crippen LogP contribution in [-0.4, -0.2) is 40.7 Å². The molecule has 4 heteroatoms. The number of benzene rings is 1. The molecule has 33 heavy (non-hydrogen) atoms. The summed E-state index contributed by atoms with van der Waals surface area (Å²) in [5.74, 6) is 0.382. The molecule has 1 aromatic carbocycles. The van der Waals surface area contributed by atoms with Crippen LogP contribution in [-0.2, 0) is 5.41 Å². The molecular weight excluding hydrogens is 408 g/mol. The van der Waals surface area contributed by atoms with Crippen molar-refractivity contribution in [3.8, 4) is 0 Å². The van der Waals surface area contributed by atoms with E-state index in [2.05, 4.69) is 48.2 Å². The molecule has 1 N–H and O–H groups in total. The van der Waals surface area contributed by atoms with Gasteiger partial charge in [-0.15, -0.1) is 0 Å². The fourth-order valence-electron chi connectivity index (χ4n) is 5.89. The number of pyridine rings is 1. The van der Waals surface area contributed by atoms with Crippen molar-refractivity contribution < 1.29 is 9.52 Å². The van der Waals surface area contributed by atoms with E-state index >= 15 is 0 Å². The summed E-state index contributed by atoms with van der Waals surface area (Å²) in [6, 6.07) is 14.5. The first-order chi connectivity index (χ1) is 16.1. The highest BCUT2D eigenvalue weighted by Gasteiger charge is 2.41. The lowest BCUT2D eigenvalue weighted by molar-refractivity contribution is 0.00995. The van der Waals surface area contributed by atoms with Gasteiger partial charge >= 0.3 is 0 Å². The van der Waals surface area contributed by atoms with Gasteiger partial charge in [0.1, 0.15) is 5.58 Å². The fourth-order valence-corrected chi connectivity index (χ4v) is 5.89. The van der Waals surface area contributed by atoms with Gasteiger partial charge in [-0.05, 0) is 61.9 Å². The van der Waals surface area contributed by atoms with Crippen molar-refractivity contribution in [2.75, 3.05) is 19.6 Å². The van der Waals surface area contributed by atoms with Crippen LogP contribution in [0.3, 0.4) is 0 Å². The summed E-state index contributed by atoms with van der Waals surface area (Å²) in [6.07, 6.45) is 13.6. The summed E-state index contributed by atoms with van der Waals surface area (Å²) in [5, 5.41) is 12.7. The quantitative estimate of drug-likeness (QED) is 0.471. The minimum atomic E-state index is -0.347. The van der Waals surface area contributed by atoms with E-state index in [1.807, 2.05) is 18.3 Å². The predicted molar refractivity (Wildman–Crippen MR) is 134 cm³/mol. The number of aliphatic hydroxyl groups excluding tert-OH is 1.